The fourth-order valence-corrected chi connectivity index (χ4v) is 2.92. The molecule has 4 heteroatoms. The minimum atomic E-state index is 0.562. The summed E-state index contributed by atoms with van der Waals surface area (Å²) in [6, 6.07) is 2.79. The Morgan fingerprint density at radius 2 is 2.50 bits per heavy atom. The number of hydrogen-bond acceptors (Lipinski definition) is 4. The van der Waals surface area contributed by atoms with E-state index >= 15 is 0 Å². The van der Waals surface area contributed by atoms with Gasteiger partial charge < -0.3 is 4.90 Å². The van der Waals surface area contributed by atoms with Gasteiger partial charge in [-0.3, -0.25) is 0 Å². The molecule has 0 spiro atoms. The number of rotatable bonds is 3. The van der Waals surface area contributed by atoms with Crippen LogP contribution in [-0.2, 0) is 6.42 Å². The van der Waals surface area contributed by atoms with E-state index < -0.39 is 0 Å². The topological polar surface area (TPSA) is 39.9 Å². The third kappa shape index (κ3) is 2.81. The highest BCUT2D eigenvalue weighted by molar-refractivity contribution is 7.09. The first kappa shape index (κ1) is 11.6. The number of nitrogens with zero attached hydrogens (tertiary/aromatic N) is 3. The molecule has 1 aromatic rings. The highest BCUT2D eigenvalue weighted by atomic mass is 32.1. The Morgan fingerprint density at radius 3 is 3.19 bits per heavy atom. The van der Waals surface area contributed by atoms with Gasteiger partial charge in [-0.25, -0.2) is 4.98 Å². The zero-order valence-electron chi connectivity index (χ0n) is 9.65. The summed E-state index contributed by atoms with van der Waals surface area (Å²) in [4.78, 5) is 6.81. The number of hydrogen-bond donors (Lipinski definition) is 0. The molecule has 0 amide bonds. The summed E-state index contributed by atoms with van der Waals surface area (Å²) in [6.45, 7) is 4.61. The van der Waals surface area contributed by atoms with Crippen molar-refractivity contribution in [1.29, 1.82) is 5.26 Å². The minimum Gasteiger partial charge on any atom is -0.300 e. The van der Waals surface area contributed by atoms with Crippen LogP contribution < -0.4 is 0 Å². The second-order valence-corrected chi connectivity index (χ2v) is 5.31. The molecular formula is C12H17N3S. The van der Waals surface area contributed by atoms with Crippen LogP contribution in [0, 0.1) is 11.3 Å². The van der Waals surface area contributed by atoms with Crippen LogP contribution in [0.3, 0.4) is 0 Å². The number of aromatic nitrogens is 1. The second-order valence-electron chi connectivity index (χ2n) is 4.37. The number of nitriles is 1. The van der Waals surface area contributed by atoms with Gasteiger partial charge in [-0.2, -0.15) is 5.26 Å². The van der Waals surface area contributed by atoms with Crippen LogP contribution in [0.1, 0.15) is 36.9 Å². The van der Waals surface area contributed by atoms with Gasteiger partial charge in [-0.1, -0.05) is 6.42 Å². The SMILES string of the molecule is CC1CCCCN1CCc1nc(C#N)cs1. The quantitative estimate of drug-likeness (QED) is 0.808. The molecule has 0 aromatic carbocycles. The molecule has 1 unspecified atom stereocenters. The standard InChI is InChI=1S/C12H17N3S/c1-10-4-2-3-6-15(10)7-5-12-14-11(8-13)9-16-12/h9-10H,2-7H2,1H3. The van der Waals surface area contributed by atoms with E-state index in [0.29, 0.717) is 11.7 Å². The lowest BCUT2D eigenvalue weighted by atomic mass is 10.0. The summed E-state index contributed by atoms with van der Waals surface area (Å²) in [5.41, 5.74) is 0.562. The van der Waals surface area contributed by atoms with Gasteiger partial charge in [-0.15, -0.1) is 11.3 Å². The van der Waals surface area contributed by atoms with E-state index in [1.54, 1.807) is 11.3 Å². The van der Waals surface area contributed by atoms with Gasteiger partial charge in [0.1, 0.15) is 6.07 Å². The summed E-state index contributed by atoms with van der Waals surface area (Å²) in [5.74, 6) is 0. The van der Waals surface area contributed by atoms with E-state index in [9.17, 15) is 0 Å². The summed E-state index contributed by atoms with van der Waals surface area (Å²) >= 11 is 1.60. The van der Waals surface area contributed by atoms with Crippen molar-refractivity contribution in [3.63, 3.8) is 0 Å². The average molecular weight is 235 g/mol. The van der Waals surface area contributed by atoms with Gasteiger partial charge in [0, 0.05) is 24.4 Å². The maximum Gasteiger partial charge on any atom is 0.151 e. The number of thiazole rings is 1. The third-order valence-electron chi connectivity index (χ3n) is 3.22. The Hall–Kier alpha value is -0.920. The van der Waals surface area contributed by atoms with E-state index in [-0.39, 0.29) is 0 Å². The molecule has 1 aliphatic rings. The predicted octanol–water partition coefficient (Wildman–Crippen LogP) is 2.43. The van der Waals surface area contributed by atoms with Crippen LogP contribution in [0.2, 0.25) is 0 Å². The van der Waals surface area contributed by atoms with Crippen molar-refractivity contribution in [2.75, 3.05) is 13.1 Å². The van der Waals surface area contributed by atoms with Crippen LogP contribution in [0.5, 0.6) is 0 Å². The zero-order valence-corrected chi connectivity index (χ0v) is 10.5. The molecule has 1 fully saturated rings. The molecule has 0 N–H and O–H groups in total. The van der Waals surface area contributed by atoms with Gasteiger partial charge in [0.25, 0.3) is 0 Å². The van der Waals surface area contributed by atoms with Crippen LogP contribution in [0.25, 0.3) is 0 Å². The minimum absolute atomic E-state index is 0.562. The molecule has 0 bridgehead atoms. The fraction of sp³-hybridized carbons (Fsp3) is 0.667. The van der Waals surface area contributed by atoms with Crippen molar-refractivity contribution in [2.45, 2.75) is 38.6 Å². The zero-order chi connectivity index (χ0) is 11.4. The van der Waals surface area contributed by atoms with Gasteiger partial charge in [0.15, 0.2) is 5.69 Å². The normalized spacial score (nSPS) is 21.9. The van der Waals surface area contributed by atoms with E-state index in [0.717, 1.165) is 18.0 Å². The lowest BCUT2D eigenvalue weighted by Gasteiger charge is -2.32. The average Bonchev–Trinajstić information content (AvgIpc) is 2.76. The van der Waals surface area contributed by atoms with Crippen molar-refractivity contribution >= 4 is 11.3 Å². The Balaban J connectivity index is 1.84. The molecule has 3 nitrogen and oxygen atoms in total. The van der Waals surface area contributed by atoms with Gasteiger partial charge in [0.05, 0.1) is 5.01 Å². The molecule has 0 aliphatic carbocycles. The molecule has 2 rings (SSSR count). The monoisotopic (exact) mass is 235 g/mol. The molecule has 0 radical (unpaired) electrons. The lowest BCUT2D eigenvalue weighted by Crippen LogP contribution is -2.38. The first-order valence-corrected chi connectivity index (χ1v) is 6.76. The largest absolute Gasteiger partial charge is 0.300 e. The highest BCUT2D eigenvalue weighted by Crippen LogP contribution is 2.17. The van der Waals surface area contributed by atoms with E-state index in [4.69, 9.17) is 5.26 Å². The summed E-state index contributed by atoms with van der Waals surface area (Å²) < 4.78 is 0. The van der Waals surface area contributed by atoms with Crippen molar-refractivity contribution in [2.24, 2.45) is 0 Å². The van der Waals surface area contributed by atoms with Crippen molar-refractivity contribution in [1.82, 2.24) is 9.88 Å². The fourth-order valence-electron chi connectivity index (χ4n) is 2.21. The summed E-state index contributed by atoms with van der Waals surface area (Å²) in [6.07, 6.45) is 5.00. The van der Waals surface area contributed by atoms with Crippen LogP contribution >= 0.6 is 11.3 Å². The van der Waals surface area contributed by atoms with Gasteiger partial charge in [-0.05, 0) is 26.3 Å². The van der Waals surface area contributed by atoms with Crippen LogP contribution in [0.4, 0.5) is 0 Å². The Kier molecular flexibility index (Phi) is 3.92. The molecule has 1 saturated heterocycles. The summed E-state index contributed by atoms with van der Waals surface area (Å²) in [5, 5.41) is 11.6. The maximum atomic E-state index is 8.69. The molecule has 1 atom stereocenters. The molecule has 2 heterocycles. The predicted molar refractivity (Wildman–Crippen MR) is 65.4 cm³/mol. The Labute approximate surface area is 101 Å². The number of likely N-dealkylation sites (tertiary alicyclic amines) is 1. The third-order valence-corrected chi connectivity index (χ3v) is 4.13. The van der Waals surface area contributed by atoms with E-state index in [1.807, 2.05) is 5.38 Å². The molecule has 1 aliphatic heterocycles. The molecule has 1 aromatic heterocycles. The van der Waals surface area contributed by atoms with Crippen molar-refractivity contribution in [3.8, 4) is 6.07 Å². The van der Waals surface area contributed by atoms with E-state index in [1.165, 1.54) is 25.8 Å². The second kappa shape index (κ2) is 5.42. The summed E-state index contributed by atoms with van der Waals surface area (Å²) in [7, 11) is 0. The Morgan fingerprint density at radius 1 is 1.62 bits per heavy atom. The molecular weight excluding hydrogens is 218 g/mol. The van der Waals surface area contributed by atoms with Gasteiger partial charge >= 0.3 is 0 Å². The van der Waals surface area contributed by atoms with Crippen molar-refractivity contribution in [3.05, 3.63) is 16.1 Å². The van der Waals surface area contributed by atoms with Gasteiger partial charge in [0.2, 0.25) is 0 Å². The molecule has 86 valence electrons. The Bertz CT molecular complexity index is 380. The van der Waals surface area contributed by atoms with Crippen molar-refractivity contribution < 1.29 is 0 Å². The first-order valence-electron chi connectivity index (χ1n) is 5.88. The maximum absolute atomic E-state index is 8.69. The number of piperidine rings is 1. The van der Waals surface area contributed by atoms with Crippen LogP contribution in [0.15, 0.2) is 5.38 Å². The molecule has 0 saturated carbocycles. The van der Waals surface area contributed by atoms with E-state index in [2.05, 4.69) is 22.9 Å². The highest BCUT2D eigenvalue weighted by Gasteiger charge is 2.17. The lowest BCUT2D eigenvalue weighted by molar-refractivity contribution is 0.163. The molecule has 16 heavy (non-hydrogen) atoms. The smallest absolute Gasteiger partial charge is 0.151 e. The first-order chi connectivity index (χ1) is 7.79. The van der Waals surface area contributed by atoms with Crippen LogP contribution in [-0.4, -0.2) is 29.0 Å².